The number of carboxylic acid groups (broad SMARTS) is 1. The van der Waals surface area contributed by atoms with Gasteiger partial charge in [-0.05, 0) is 0 Å². The molecule has 0 aliphatic carbocycles. The number of β-lactam (4-membered cyclic amide) rings is 1. The third-order valence-electron chi connectivity index (χ3n) is 3.95. The zero-order valence-corrected chi connectivity index (χ0v) is 15.9. The van der Waals surface area contributed by atoms with Crippen molar-refractivity contribution < 1.29 is 24.3 Å². The molecule has 0 saturated carbocycles. The van der Waals surface area contributed by atoms with Crippen molar-refractivity contribution in [3.8, 4) is 0 Å². The summed E-state index contributed by atoms with van der Waals surface area (Å²) < 4.78 is 0. The molecule has 0 radical (unpaired) electrons. The number of thiazole rings is 1. The first-order chi connectivity index (χ1) is 12.9. The number of aliphatic carboxylic acids is 1. The second kappa shape index (κ2) is 7.44. The van der Waals surface area contributed by atoms with E-state index in [0.717, 1.165) is 11.3 Å². The maximum absolute atomic E-state index is 12.6. The fourth-order valence-electron chi connectivity index (χ4n) is 2.79. The number of thioether (sulfide) groups is 1. The fraction of sp³-hybridized carbons (Fsp3) is 0.357. The van der Waals surface area contributed by atoms with Crippen LogP contribution in [0.15, 0.2) is 21.3 Å². The number of oxime groups is 1. The molecule has 11 nitrogen and oxygen atoms in total. The number of nitrogens with two attached hydrogens (primary N) is 1. The van der Waals surface area contributed by atoms with Gasteiger partial charge >= 0.3 is 5.97 Å². The van der Waals surface area contributed by atoms with Crippen LogP contribution in [0.2, 0.25) is 0 Å². The third-order valence-corrected chi connectivity index (χ3v) is 5.82. The summed E-state index contributed by atoms with van der Waals surface area (Å²) in [5.74, 6) is -1.95. The summed E-state index contributed by atoms with van der Waals surface area (Å²) in [6.45, 7) is 0. The highest BCUT2D eigenvalue weighted by atomic mass is 32.2. The minimum atomic E-state index is -1.21. The number of nitrogen functional groups attached to an aromatic ring is 1. The Labute approximate surface area is 161 Å². The zero-order valence-electron chi connectivity index (χ0n) is 14.3. The van der Waals surface area contributed by atoms with Crippen LogP contribution in [-0.4, -0.2) is 70.5 Å². The number of fused-ring (bicyclic) bond motifs is 1. The number of hydrogen-bond donors (Lipinski definition) is 4. The summed E-state index contributed by atoms with van der Waals surface area (Å²) in [6.07, 6.45) is 0. The Hall–Kier alpha value is -2.80. The molecule has 3 rings (SSSR count). The average molecular weight is 412 g/mol. The number of amides is 2. The summed E-state index contributed by atoms with van der Waals surface area (Å²) in [5, 5.41) is 20.6. The van der Waals surface area contributed by atoms with E-state index in [1.807, 2.05) is 0 Å². The van der Waals surface area contributed by atoms with Gasteiger partial charge in [-0.2, -0.15) is 0 Å². The summed E-state index contributed by atoms with van der Waals surface area (Å²) in [4.78, 5) is 46.5. The lowest BCUT2D eigenvalue weighted by molar-refractivity contribution is -0.153. The molecule has 1 aromatic heterocycles. The van der Waals surface area contributed by atoms with Crippen LogP contribution in [0.3, 0.4) is 0 Å². The third kappa shape index (κ3) is 3.30. The van der Waals surface area contributed by atoms with Crippen LogP contribution < -0.4 is 16.4 Å². The lowest BCUT2D eigenvalue weighted by Crippen LogP contribution is -2.73. The van der Waals surface area contributed by atoms with E-state index in [1.165, 1.54) is 23.8 Å². The standard InChI is InChI=1S/C14H16N6O5S2/c1-16-11-9(13(23)24)20-6(4-26-11)8(12(20)22)18-10(21)7(19-25-2)5-3-27-14(15)17-5/h3,6,8,16H,4H2,1-2H3,(H2,15,17)(H,18,21)(H,23,24). The van der Waals surface area contributed by atoms with E-state index in [1.54, 1.807) is 12.4 Å². The summed E-state index contributed by atoms with van der Waals surface area (Å²) in [6, 6.07) is -1.34. The zero-order chi connectivity index (χ0) is 19.7. The predicted octanol–water partition coefficient (Wildman–Crippen LogP) is -1.01. The lowest BCUT2D eigenvalue weighted by Gasteiger charge is -2.49. The van der Waals surface area contributed by atoms with E-state index >= 15 is 0 Å². The molecule has 27 heavy (non-hydrogen) atoms. The molecule has 2 atom stereocenters. The van der Waals surface area contributed by atoms with Crippen molar-refractivity contribution in [2.45, 2.75) is 12.1 Å². The van der Waals surface area contributed by atoms with Crippen molar-refractivity contribution in [1.82, 2.24) is 20.5 Å². The fourth-order valence-corrected chi connectivity index (χ4v) is 4.48. The number of carbonyl (C=O) groups excluding carboxylic acids is 2. The van der Waals surface area contributed by atoms with Crippen LogP contribution >= 0.6 is 23.1 Å². The largest absolute Gasteiger partial charge is 0.476 e. The first kappa shape index (κ1) is 19.0. The highest BCUT2D eigenvalue weighted by molar-refractivity contribution is 8.03. The molecule has 13 heteroatoms. The van der Waals surface area contributed by atoms with Crippen LogP contribution in [0.1, 0.15) is 5.69 Å². The molecule has 0 bridgehead atoms. The van der Waals surface area contributed by atoms with Gasteiger partial charge in [0.05, 0.1) is 11.1 Å². The number of carboxylic acids is 1. The highest BCUT2D eigenvalue weighted by Crippen LogP contribution is 2.37. The van der Waals surface area contributed by atoms with Crippen molar-refractivity contribution in [2.24, 2.45) is 5.16 Å². The van der Waals surface area contributed by atoms with Gasteiger partial charge in [0, 0.05) is 18.2 Å². The summed E-state index contributed by atoms with van der Waals surface area (Å²) in [5.41, 5.74) is 5.57. The SMILES string of the molecule is CNC1=C(C(=O)O)N2C(=O)C(NC(=O)C(=NOC)c3csc(N)n3)C2CS1. The quantitative estimate of drug-likeness (QED) is 0.261. The number of nitrogens with zero attached hydrogens (tertiary/aromatic N) is 3. The second-order valence-electron chi connectivity index (χ2n) is 5.46. The van der Waals surface area contributed by atoms with Gasteiger partial charge in [-0.25, -0.2) is 9.78 Å². The van der Waals surface area contributed by atoms with E-state index < -0.39 is 29.9 Å². The monoisotopic (exact) mass is 412 g/mol. The van der Waals surface area contributed by atoms with Gasteiger partial charge in [-0.15, -0.1) is 23.1 Å². The minimum Gasteiger partial charge on any atom is -0.476 e. The van der Waals surface area contributed by atoms with Gasteiger partial charge in [-0.3, -0.25) is 14.5 Å². The Morgan fingerprint density at radius 2 is 2.26 bits per heavy atom. The maximum Gasteiger partial charge on any atom is 0.355 e. The van der Waals surface area contributed by atoms with Crippen molar-refractivity contribution in [1.29, 1.82) is 0 Å². The maximum atomic E-state index is 12.6. The number of hydrogen-bond acceptors (Lipinski definition) is 10. The van der Waals surface area contributed by atoms with Crippen molar-refractivity contribution >= 4 is 51.7 Å². The normalized spacial score (nSPS) is 22.1. The van der Waals surface area contributed by atoms with E-state index in [9.17, 15) is 19.5 Å². The van der Waals surface area contributed by atoms with Gasteiger partial charge in [-0.1, -0.05) is 5.16 Å². The molecule has 5 N–H and O–H groups in total. The number of anilines is 1. The molecule has 1 fully saturated rings. The summed E-state index contributed by atoms with van der Waals surface area (Å²) in [7, 11) is 2.86. The Bertz CT molecular complexity index is 866. The van der Waals surface area contributed by atoms with E-state index in [-0.39, 0.29) is 22.2 Å². The molecule has 2 aliphatic heterocycles. The van der Waals surface area contributed by atoms with E-state index in [4.69, 9.17) is 10.6 Å². The number of carbonyl (C=O) groups is 3. The van der Waals surface area contributed by atoms with Gasteiger partial charge in [0.25, 0.3) is 11.8 Å². The number of aromatic nitrogens is 1. The topological polar surface area (TPSA) is 159 Å². The predicted molar refractivity (Wildman–Crippen MR) is 98.8 cm³/mol. The van der Waals surface area contributed by atoms with Crippen LogP contribution in [-0.2, 0) is 19.2 Å². The van der Waals surface area contributed by atoms with Crippen LogP contribution in [0, 0.1) is 0 Å². The van der Waals surface area contributed by atoms with Gasteiger partial charge in [0.15, 0.2) is 16.5 Å². The Morgan fingerprint density at radius 3 is 2.81 bits per heavy atom. The van der Waals surface area contributed by atoms with Gasteiger partial charge < -0.3 is 26.3 Å². The molecular formula is C14H16N6O5S2. The Morgan fingerprint density at radius 1 is 1.52 bits per heavy atom. The molecule has 144 valence electrons. The van der Waals surface area contributed by atoms with Crippen molar-refractivity contribution in [3.63, 3.8) is 0 Å². The van der Waals surface area contributed by atoms with Crippen molar-refractivity contribution in [2.75, 3.05) is 25.6 Å². The minimum absolute atomic E-state index is 0.118. The van der Waals surface area contributed by atoms with Gasteiger partial charge in [0.1, 0.15) is 18.8 Å². The number of rotatable bonds is 6. The molecule has 2 amide bonds. The lowest BCUT2D eigenvalue weighted by atomic mass is 9.94. The van der Waals surface area contributed by atoms with Crippen LogP contribution in [0.25, 0.3) is 0 Å². The molecular weight excluding hydrogens is 396 g/mol. The molecule has 2 aliphatic rings. The molecule has 1 saturated heterocycles. The molecule has 3 heterocycles. The van der Waals surface area contributed by atoms with Crippen molar-refractivity contribution in [3.05, 3.63) is 21.8 Å². The molecule has 2 unspecified atom stereocenters. The second-order valence-corrected chi connectivity index (χ2v) is 7.38. The highest BCUT2D eigenvalue weighted by Gasteiger charge is 2.54. The number of nitrogens with one attached hydrogen (secondary N) is 2. The Kier molecular flexibility index (Phi) is 5.23. The van der Waals surface area contributed by atoms with E-state index in [2.05, 4.69) is 20.8 Å². The average Bonchev–Trinajstić information content (AvgIpc) is 3.08. The summed E-state index contributed by atoms with van der Waals surface area (Å²) >= 11 is 2.41. The molecule has 1 aromatic rings. The Balaban J connectivity index is 1.79. The first-order valence-corrected chi connectivity index (χ1v) is 9.50. The smallest absolute Gasteiger partial charge is 0.355 e. The van der Waals surface area contributed by atoms with E-state index in [0.29, 0.717) is 10.8 Å². The first-order valence-electron chi connectivity index (χ1n) is 7.63. The van der Waals surface area contributed by atoms with Crippen LogP contribution in [0.4, 0.5) is 5.13 Å². The van der Waals surface area contributed by atoms with Crippen LogP contribution in [0.5, 0.6) is 0 Å². The van der Waals surface area contributed by atoms with Gasteiger partial charge in [0.2, 0.25) is 0 Å². The molecule has 0 spiro atoms. The molecule has 0 aromatic carbocycles.